The Morgan fingerprint density at radius 3 is 2.43 bits per heavy atom. The Kier molecular flexibility index (Phi) is 4.70. The van der Waals surface area contributed by atoms with Gasteiger partial charge in [0.2, 0.25) is 0 Å². The minimum atomic E-state index is -0.123. The van der Waals surface area contributed by atoms with Crippen molar-refractivity contribution in [1.29, 1.82) is 0 Å². The molecular formula is C21H23N7O2. The highest BCUT2D eigenvalue weighted by Gasteiger charge is 2.28. The molecular weight excluding hydrogens is 382 g/mol. The predicted molar refractivity (Wildman–Crippen MR) is 112 cm³/mol. The van der Waals surface area contributed by atoms with Crippen molar-refractivity contribution in [3.8, 4) is 17.1 Å². The molecule has 0 spiro atoms. The standard InChI is InChI=1S/C21H23N7O2/c29-19-4-2-1-3-18(19)26-11-13-27(14-12-26)21(30)22-16-7-5-15(6-8-16)20-23-24-25-28(20)17-9-10-17/h1-8,17,29H,9-14H2,(H,22,30). The fourth-order valence-corrected chi connectivity index (χ4v) is 3.74. The SMILES string of the molecule is O=C(Nc1ccc(-c2nnnn2C2CC2)cc1)N1CCN(c2ccccc2O)CC1. The third-order valence-corrected chi connectivity index (χ3v) is 5.57. The van der Waals surface area contributed by atoms with Gasteiger partial charge in [-0.1, -0.05) is 12.1 Å². The Morgan fingerprint density at radius 2 is 1.73 bits per heavy atom. The number of carbonyl (C=O) groups excluding carboxylic acids is 1. The highest BCUT2D eigenvalue weighted by Crippen LogP contribution is 2.36. The van der Waals surface area contributed by atoms with E-state index in [2.05, 4.69) is 25.7 Å². The number of aromatic nitrogens is 4. The van der Waals surface area contributed by atoms with Crippen molar-refractivity contribution in [2.24, 2.45) is 0 Å². The lowest BCUT2D eigenvalue weighted by atomic mass is 10.2. The first-order chi connectivity index (χ1) is 14.7. The molecule has 2 N–H and O–H groups in total. The van der Waals surface area contributed by atoms with Crippen molar-refractivity contribution in [3.05, 3.63) is 48.5 Å². The molecule has 1 saturated carbocycles. The number of tetrazole rings is 1. The van der Waals surface area contributed by atoms with Crippen LogP contribution in [0.1, 0.15) is 18.9 Å². The Bertz CT molecular complexity index is 1040. The number of phenolic OH excluding ortho intramolecular Hbond substituents is 1. The first kappa shape index (κ1) is 18.4. The number of nitrogens with one attached hydrogen (secondary N) is 1. The molecule has 1 aliphatic carbocycles. The molecule has 0 radical (unpaired) electrons. The van der Waals surface area contributed by atoms with Gasteiger partial charge in [-0.25, -0.2) is 9.48 Å². The van der Waals surface area contributed by atoms with E-state index in [1.807, 2.05) is 41.1 Å². The molecule has 2 aromatic carbocycles. The van der Waals surface area contributed by atoms with Crippen LogP contribution in [0, 0.1) is 0 Å². The minimum absolute atomic E-state index is 0.123. The number of piperazine rings is 1. The molecule has 30 heavy (non-hydrogen) atoms. The van der Waals surface area contributed by atoms with Crippen LogP contribution >= 0.6 is 0 Å². The van der Waals surface area contributed by atoms with E-state index in [0.29, 0.717) is 32.2 Å². The van der Waals surface area contributed by atoms with Gasteiger partial charge in [0.1, 0.15) is 5.75 Å². The van der Waals surface area contributed by atoms with Crippen LogP contribution in [0.3, 0.4) is 0 Å². The molecule has 0 unspecified atom stereocenters. The van der Waals surface area contributed by atoms with Gasteiger partial charge in [0.15, 0.2) is 5.82 Å². The fourth-order valence-electron chi connectivity index (χ4n) is 3.74. The summed E-state index contributed by atoms with van der Waals surface area (Å²) in [5.41, 5.74) is 2.47. The summed E-state index contributed by atoms with van der Waals surface area (Å²) in [5, 5.41) is 25.0. The summed E-state index contributed by atoms with van der Waals surface area (Å²) in [4.78, 5) is 16.5. The Balaban J connectivity index is 1.19. The Hall–Kier alpha value is -3.62. The quantitative estimate of drug-likeness (QED) is 0.692. The van der Waals surface area contributed by atoms with Crippen LogP contribution < -0.4 is 10.2 Å². The monoisotopic (exact) mass is 405 g/mol. The van der Waals surface area contributed by atoms with Gasteiger partial charge in [-0.3, -0.25) is 0 Å². The smallest absolute Gasteiger partial charge is 0.321 e. The van der Waals surface area contributed by atoms with Crippen LogP contribution in [0.25, 0.3) is 11.4 Å². The zero-order valence-electron chi connectivity index (χ0n) is 16.5. The second-order valence-corrected chi connectivity index (χ2v) is 7.65. The average molecular weight is 405 g/mol. The number of nitrogens with zero attached hydrogens (tertiary/aromatic N) is 6. The number of hydrogen-bond donors (Lipinski definition) is 2. The number of benzene rings is 2. The maximum atomic E-state index is 12.7. The molecule has 154 valence electrons. The highest BCUT2D eigenvalue weighted by molar-refractivity contribution is 5.89. The summed E-state index contributed by atoms with van der Waals surface area (Å²) in [7, 11) is 0. The maximum Gasteiger partial charge on any atom is 0.321 e. The third kappa shape index (κ3) is 3.66. The molecule has 2 amide bonds. The second-order valence-electron chi connectivity index (χ2n) is 7.65. The van der Waals surface area contributed by atoms with Gasteiger partial charge in [0.05, 0.1) is 11.7 Å². The summed E-state index contributed by atoms with van der Waals surface area (Å²) in [6.07, 6.45) is 2.23. The van der Waals surface area contributed by atoms with Gasteiger partial charge in [0, 0.05) is 37.4 Å². The van der Waals surface area contributed by atoms with E-state index in [1.165, 1.54) is 0 Å². The molecule has 9 nitrogen and oxygen atoms in total. The summed E-state index contributed by atoms with van der Waals surface area (Å²) >= 11 is 0. The lowest BCUT2D eigenvalue weighted by molar-refractivity contribution is 0.208. The van der Waals surface area contributed by atoms with E-state index in [-0.39, 0.29) is 11.8 Å². The number of amides is 2. The van der Waals surface area contributed by atoms with E-state index < -0.39 is 0 Å². The summed E-state index contributed by atoms with van der Waals surface area (Å²) in [6.45, 7) is 2.53. The molecule has 0 atom stereocenters. The molecule has 1 saturated heterocycles. The van der Waals surface area contributed by atoms with Crippen LogP contribution in [0.2, 0.25) is 0 Å². The van der Waals surface area contributed by atoms with E-state index in [9.17, 15) is 9.90 Å². The van der Waals surface area contributed by atoms with Crippen molar-refractivity contribution in [3.63, 3.8) is 0 Å². The van der Waals surface area contributed by atoms with E-state index in [4.69, 9.17) is 0 Å². The van der Waals surface area contributed by atoms with Gasteiger partial charge in [0.25, 0.3) is 0 Å². The molecule has 2 aliphatic rings. The van der Waals surface area contributed by atoms with E-state index >= 15 is 0 Å². The average Bonchev–Trinajstić information content (AvgIpc) is 3.51. The van der Waals surface area contributed by atoms with E-state index in [1.54, 1.807) is 17.0 Å². The topological polar surface area (TPSA) is 99.4 Å². The van der Waals surface area contributed by atoms with Crippen LogP contribution in [0.15, 0.2) is 48.5 Å². The maximum absolute atomic E-state index is 12.7. The molecule has 0 bridgehead atoms. The number of urea groups is 1. The number of rotatable bonds is 4. The lowest BCUT2D eigenvalue weighted by Crippen LogP contribution is -2.50. The highest BCUT2D eigenvalue weighted by atomic mass is 16.3. The molecule has 1 aliphatic heterocycles. The summed E-state index contributed by atoms with van der Waals surface area (Å²) < 4.78 is 1.87. The zero-order chi connectivity index (χ0) is 20.5. The number of hydrogen-bond acceptors (Lipinski definition) is 6. The largest absolute Gasteiger partial charge is 0.506 e. The number of phenols is 1. The molecule has 5 rings (SSSR count). The molecule has 3 aromatic rings. The molecule has 2 fully saturated rings. The van der Waals surface area contributed by atoms with Crippen LogP contribution in [-0.2, 0) is 0 Å². The molecule has 9 heteroatoms. The normalized spacial score (nSPS) is 16.5. The number of aromatic hydroxyl groups is 1. The van der Waals surface area contributed by atoms with Crippen molar-refractivity contribution in [2.75, 3.05) is 36.4 Å². The minimum Gasteiger partial charge on any atom is -0.506 e. The first-order valence-electron chi connectivity index (χ1n) is 10.2. The molecule has 2 heterocycles. The zero-order valence-corrected chi connectivity index (χ0v) is 16.5. The first-order valence-corrected chi connectivity index (χ1v) is 10.2. The van der Waals surface area contributed by atoms with Gasteiger partial charge in [-0.05, 0) is 59.7 Å². The number of para-hydroxylation sites is 2. The van der Waals surface area contributed by atoms with Crippen molar-refractivity contribution in [1.82, 2.24) is 25.1 Å². The van der Waals surface area contributed by atoms with Crippen molar-refractivity contribution < 1.29 is 9.90 Å². The molecule has 1 aromatic heterocycles. The van der Waals surface area contributed by atoms with E-state index in [0.717, 1.165) is 35.6 Å². The van der Waals surface area contributed by atoms with Gasteiger partial charge in [-0.15, -0.1) is 5.10 Å². The van der Waals surface area contributed by atoms with Crippen molar-refractivity contribution >= 4 is 17.4 Å². The fraction of sp³-hybridized carbons (Fsp3) is 0.333. The summed E-state index contributed by atoms with van der Waals surface area (Å²) in [6, 6.07) is 15.2. The number of anilines is 2. The van der Waals surface area contributed by atoms with Gasteiger partial charge in [-0.2, -0.15) is 0 Å². The second kappa shape index (κ2) is 7.66. The van der Waals surface area contributed by atoms with Crippen LogP contribution in [-0.4, -0.2) is 62.4 Å². The van der Waals surface area contributed by atoms with Crippen LogP contribution in [0.5, 0.6) is 5.75 Å². The van der Waals surface area contributed by atoms with Crippen LogP contribution in [0.4, 0.5) is 16.2 Å². The Morgan fingerprint density at radius 1 is 1.00 bits per heavy atom. The lowest BCUT2D eigenvalue weighted by Gasteiger charge is -2.36. The third-order valence-electron chi connectivity index (χ3n) is 5.57. The summed E-state index contributed by atoms with van der Waals surface area (Å²) in [5.74, 6) is 1.03. The van der Waals surface area contributed by atoms with Crippen molar-refractivity contribution in [2.45, 2.75) is 18.9 Å². The Labute approximate surface area is 173 Å². The predicted octanol–water partition coefficient (Wildman–Crippen LogP) is 2.73. The van der Waals surface area contributed by atoms with Gasteiger partial charge >= 0.3 is 6.03 Å². The number of carbonyl (C=O) groups is 1. The van der Waals surface area contributed by atoms with Gasteiger partial charge < -0.3 is 20.2 Å².